The first-order chi connectivity index (χ1) is 10.9. The van der Waals surface area contributed by atoms with Crippen molar-refractivity contribution in [2.24, 2.45) is 0 Å². The molecular formula is C19H27N3O. The van der Waals surface area contributed by atoms with Gasteiger partial charge < -0.3 is 15.1 Å². The van der Waals surface area contributed by atoms with Gasteiger partial charge in [0.1, 0.15) is 0 Å². The van der Waals surface area contributed by atoms with Crippen LogP contribution in [0.2, 0.25) is 0 Å². The number of likely N-dealkylation sites (tertiary alicyclic amines) is 1. The number of rotatable bonds is 3. The van der Waals surface area contributed by atoms with Crippen molar-refractivity contribution in [2.75, 3.05) is 23.8 Å². The van der Waals surface area contributed by atoms with Gasteiger partial charge in [0.15, 0.2) is 0 Å². The van der Waals surface area contributed by atoms with E-state index in [0.29, 0.717) is 6.04 Å². The number of allylic oxidation sites excluding steroid dienone is 1. The zero-order valence-corrected chi connectivity index (χ0v) is 14.8. The van der Waals surface area contributed by atoms with Gasteiger partial charge in [-0.1, -0.05) is 0 Å². The highest BCUT2D eigenvalue weighted by Crippen LogP contribution is 2.43. The van der Waals surface area contributed by atoms with E-state index < -0.39 is 0 Å². The molecule has 1 N–H and O–H groups in total. The summed E-state index contributed by atoms with van der Waals surface area (Å²) in [5.74, 6) is 0.153. The van der Waals surface area contributed by atoms with Crippen LogP contribution in [0.25, 0.3) is 5.57 Å². The highest BCUT2D eigenvalue weighted by atomic mass is 16.2. The fourth-order valence-electron chi connectivity index (χ4n) is 3.63. The van der Waals surface area contributed by atoms with Crippen molar-refractivity contribution in [1.82, 2.24) is 4.90 Å². The summed E-state index contributed by atoms with van der Waals surface area (Å²) in [6.07, 6.45) is 2.12. The van der Waals surface area contributed by atoms with Crippen LogP contribution in [-0.4, -0.2) is 36.5 Å². The maximum absolute atomic E-state index is 13.1. The molecule has 0 aromatic heterocycles. The number of amides is 1. The van der Waals surface area contributed by atoms with Crippen LogP contribution in [0, 0.1) is 0 Å². The summed E-state index contributed by atoms with van der Waals surface area (Å²) in [5, 5.41) is 3.45. The lowest BCUT2D eigenvalue weighted by Crippen LogP contribution is -2.33. The normalized spacial score (nSPS) is 20.9. The van der Waals surface area contributed by atoms with Crippen molar-refractivity contribution in [2.45, 2.75) is 52.6 Å². The molecule has 2 heterocycles. The Morgan fingerprint density at radius 1 is 1.17 bits per heavy atom. The minimum atomic E-state index is 0.153. The monoisotopic (exact) mass is 313 g/mol. The van der Waals surface area contributed by atoms with E-state index in [0.717, 1.165) is 41.9 Å². The van der Waals surface area contributed by atoms with Gasteiger partial charge in [0, 0.05) is 42.6 Å². The lowest BCUT2D eigenvalue weighted by Gasteiger charge is -2.22. The van der Waals surface area contributed by atoms with Crippen molar-refractivity contribution < 1.29 is 4.79 Å². The summed E-state index contributed by atoms with van der Waals surface area (Å²) < 4.78 is 0. The Morgan fingerprint density at radius 3 is 2.48 bits per heavy atom. The van der Waals surface area contributed by atoms with Gasteiger partial charge in [-0.05, 0) is 58.7 Å². The summed E-state index contributed by atoms with van der Waals surface area (Å²) in [4.78, 5) is 17.3. The second kappa shape index (κ2) is 5.91. The first kappa shape index (κ1) is 15.9. The summed E-state index contributed by atoms with van der Waals surface area (Å²) in [6.45, 7) is 9.45. The molecule has 1 saturated heterocycles. The number of nitrogens with zero attached hydrogens (tertiary/aromatic N) is 2. The third-order valence-corrected chi connectivity index (χ3v) is 4.59. The summed E-state index contributed by atoms with van der Waals surface area (Å²) in [7, 11) is 2.09. The third kappa shape index (κ3) is 2.71. The highest BCUT2D eigenvalue weighted by Gasteiger charge is 2.37. The molecule has 2 aliphatic heterocycles. The summed E-state index contributed by atoms with van der Waals surface area (Å²) in [5.41, 5.74) is 5.30. The zero-order valence-electron chi connectivity index (χ0n) is 14.8. The second-order valence-electron chi connectivity index (χ2n) is 7.15. The lowest BCUT2D eigenvalue weighted by molar-refractivity contribution is -0.113. The second-order valence-corrected chi connectivity index (χ2v) is 7.15. The predicted molar refractivity (Wildman–Crippen MR) is 96.6 cm³/mol. The highest BCUT2D eigenvalue weighted by molar-refractivity contribution is 6.33. The number of nitrogens with one attached hydrogen (secondary N) is 1. The largest absolute Gasteiger partial charge is 0.383 e. The van der Waals surface area contributed by atoms with Gasteiger partial charge in [-0.3, -0.25) is 4.79 Å². The molecule has 0 aliphatic carbocycles. The van der Waals surface area contributed by atoms with Crippen LogP contribution >= 0.6 is 0 Å². The molecule has 0 atom stereocenters. The Hall–Kier alpha value is -1.97. The lowest BCUT2D eigenvalue weighted by atomic mass is 10.0. The van der Waals surface area contributed by atoms with E-state index in [4.69, 9.17) is 0 Å². The summed E-state index contributed by atoms with van der Waals surface area (Å²) in [6, 6.07) is 6.84. The molecule has 4 heteroatoms. The van der Waals surface area contributed by atoms with E-state index in [1.54, 1.807) is 0 Å². The van der Waals surface area contributed by atoms with Crippen LogP contribution in [0.3, 0.4) is 0 Å². The number of hydrogen-bond acceptors (Lipinski definition) is 3. The molecular weight excluding hydrogens is 286 g/mol. The number of benzene rings is 1. The van der Waals surface area contributed by atoms with Gasteiger partial charge >= 0.3 is 0 Å². The number of fused-ring (bicyclic) bond motifs is 1. The number of carbonyl (C=O) groups is 1. The van der Waals surface area contributed by atoms with Crippen LogP contribution in [-0.2, 0) is 4.79 Å². The van der Waals surface area contributed by atoms with E-state index in [-0.39, 0.29) is 11.9 Å². The van der Waals surface area contributed by atoms with Crippen molar-refractivity contribution in [3.8, 4) is 0 Å². The van der Waals surface area contributed by atoms with Gasteiger partial charge in [0.25, 0.3) is 5.91 Å². The smallest absolute Gasteiger partial charge is 0.260 e. The number of carbonyl (C=O) groups excluding carboxylic acids is 1. The van der Waals surface area contributed by atoms with Gasteiger partial charge in [0.05, 0.1) is 11.3 Å². The van der Waals surface area contributed by atoms with Crippen molar-refractivity contribution in [3.05, 3.63) is 29.5 Å². The van der Waals surface area contributed by atoms with Crippen LogP contribution in [0.15, 0.2) is 23.9 Å². The Kier molecular flexibility index (Phi) is 4.09. The molecule has 0 unspecified atom stereocenters. The molecule has 1 aromatic carbocycles. The number of hydrogen-bond donors (Lipinski definition) is 1. The molecule has 124 valence electrons. The molecule has 0 radical (unpaired) electrons. The molecule has 3 rings (SSSR count). The quantitative estimate of drug-likeness (QED) is 0.864. The van der Waals surface area contributed by atoms with Gasteiger partial charge in [-0.2, -0.15) is 0 Å². The minimum absolute atomic E-state index is 0.153. The average molecular weight is 313 g/mol. The molecule has 1 amide bonds. The maximum Gasteiger partial charge on any atom is 0.260 e. The van der Waals surface area contributed by atoms with Crippen molar-refractivity contribution >= 4 is 22.9 Å². The Balaban J connectivity index is 2.15. The molecule has 4 nitrogen and oxygen atoms in total. The van der Waals surface area contributed by atoms with Crippen LogP contribution in [0.1, 0.15) is 46.1 Å². The molecule has 2 aliphatic rings. The fraction of sp³-hybridized carbons (Fsp3) is 0.526. The maximum atomic E-state index is 13.1. The van der Waals surface area contributed by atoms with E-state index in [9.17, 15) is 4.79 Å². The topological polar surface area (TPSA) is 35.6 Å². The van der Waals surface area contributed by atoms with E-state index in [1.807, 2.05) is 4.90 Å². The van der Waals surface area contributed by atoms with Crippen LogP contribution < -0.4 is 10.2 Å². The van der Waals surface area contributed by atoms with Crippen LogP contribution in [0.4, 0.5) is 11.4 Å². The fourth-order valence-corrected chi connectivity index (χ4v) is 3.63. The first-order valence-electron chi connectivity index (χ1n) is 8.59. The average Bonchev–Trinajstić information content (AvgIpc) is 2.98. The van der Waals surface area contributed by atoms with Gasteiger partial charge in [0.2, 0.25) is 0 Å². The van der Waals surface area contributed by atoms with E-state index >= 15 is 0 Å². The third-order valence-electron chi connectivity index (χ3n) is 4.59. The SMILES string of the molecule is CC(C)Nc1ccc2c(c1)/C(=C1\CCCN1C)C(=O)N2C(C)C. The molecule has 0 saturated carbocycles. The van der Waals surface area contributed by atoms with E-state index in [1.165, 1.54) is 5.70 Å². The molecule has 0 bridgehead atoms. The summed E-state index contributed by atoms with van der Waals surface area (Å²) >= 11 is 0. The Labute approximate surface area is 139 Å². The van der Waals surface area contributed by atoms with E-state index in [2.05, 4.69) is 63.2 Å². The van der Waals surface area contributed by atoms with Crippen molar-refractivity contribution in [3.63, 3.8) is 0 Å². The Morgan fingerprint density at radius 2 is 1.91 bits per heavy atom. The zero-order chi connectivity index (χ0) is 16.7. The minimum Gasteiger partial charge on any atom is -0.383 e. The first-order valence-corrected chi connectivity index (χ1v) is 8.59. The van der Waals surface area contributed by atoms with Gasteiger partial charge in [-0.25, -0.2) is 0 Å². The molecule has 0 spiro atoms. The standard InChI is InChI=1S/C19H27N3O/c1-12(2)20-14-8-9-16-15(11-14)18(17-7-6-10-21(17)5)19(23)22(16)13(3)4/h8-9,11-13,20H,6-7,10H2,1-5H3/b18-17-. The van der Waals surface area contributed by atoms with Crippen molar-refractivity contribution in [1.29, 1.82) is 0 Å². The number of anilines is 2. The molecule has 23 heavy (non-hydrogen) atoms. The molecule has 1 fully saturated rings. The van der Waals surface area contributed by atoms with Crippen LogP contribution in [0.5, 0.6) is 0 Å². The molecule has 1 aromatic rings. The predicted octanol–water partition coefficient (Wildman–Crippen LogP) is 3.70. The Bertz CT molecular complexity index is 661. The van der Waals surface area contributed by atoms with Gasteiger partial charge in [-0.15, -0.1) is 0 Å².